The highest BCUT2D eigenvalue weighted by atomic mass is 32.1. The van der Waals surface area contributed by atoms with Crippen LogP contribution in [-0.4, -0.2) is 29.0 Å². The molecule has 0 atom stereocenters. The van der Waals surface area contributed by atoms with E-state index < -0.39 is 16.8 Å². The van der Waals surface area contributed by atoms with Crippen molar-refractivity contribution in [1.82, 2.24) is 15.6 Å². The van der Waals surface area contributed by atoms with Crippen molar-refractivity contribution in [3.8, 4) is 0 Å². The van der Waals surface area contributed by atoms with Gasteiger partial charge in [-0.05, 0) is 12.5 Å². The van der Waals surface area contributed by atoms with Crippen LogP contribution < -0.4 is 10.6 Å². The van der Waals surface area contributed by atoms with E-state index in [1.807, 2.05) is 6.92 Å². The zero-order valence-electron chi connectivity index (χ0n) is 14.4. The number of aromatic nitrogens is 1. The van der Waals surface area contributed by atoms with Crippen LogP contribution in [0.5, 0.6) is 0 Å². The molecule has 0 aliphatic carbocycles. The van der Waals surface area contributed by atoms with Gasteiger partial charge < -0.3 is 10.6 Å². The lowest BCUT2D eigenvalue weighted by atomic mass is 10.2. The van der Waals surface area contributed by atoms with Crippen molar-refractivity contribution in [2.45, 2.75) is 26.1 Å². The van der Waals surface area contributed by atoms with E-state index in [9.17, 15) is 23.3 Å². The largest absolute Gasteiger partial charge is 0.434 e. The summed E-state index contributed by atoms with van der Waals surface area (Å²) in [5.41, 5.74) is -0.0665. The van der Waals surface area contributed by atoms with Crippen molar-refractivity contribution in [2.24, 2.45) is 4.99 Å². The minimum Gasteiger partial charge on any atom is -0.357 e. The predicted molar refractivity (Wildman–Crippen MR) is 96.7 cm³/mol. The quantitative estimate of drug-likeness (QED) is 0.321. The van der Waals surface area contributed by atoms with Crippen LogP contribution in [0, 0.1) is 10.1 Å². The van der Waals surface area contributed by atoms with Gasteiger partial charge in [-0.25, -0.2) is 9.98 Å². The summed E-state index contributed by atoms with van der Waals surface area (Å²) in [6.07, 6.45) is -4.09. The summed E-state index contributed by atoms with van der Waals surface area (Å²) in [5.74, 6) is 0.503. The second kappa shape index (κ2) is 9.31. The number of thiazole rings is 1. The molecule has 0 saturated carbocycles. The summed E-state index contributed by atoms with van der Waals surface area (Å²) in [5, 5.41) is 18.1. The molecule has 1 aromatic carbocycles. The number of nitrogens with zero attached hydrogens (tertiary/aromatic N) is 3. The number of halogens is 3. The number of benzene rings is 1. The molecule has 0 unspecified atom stereocenters. The molecule has 2 aromatic rings. The lowest BCUT2D eigenvalue weighted by Crippen LogP contribution is -2.38. The Bertz CT molecular complexity index is 790. The zero-order chi connectivity index (χ0) is 19.9. The van der Waals surface area contributed by atoms with Crippen molar-refractivity contribution in [1.29, 1.82) is 0 Å². The number of non-ortho nitro benzene ring substituents is 1. The minimum atomic E-state index is -4.43. The molecule has 0 bridgehead atoms. The summed E-state index contributed by atoms with van der Waals surface area (Å²) in [4.78, 5) is 18.1. The summed E-state index contributed by atoms with van der Waals surface area (Å²) in [7, 11) is 0. The van der Waals surface area contributed by atoms with E-state index in [1.54, 1.807) is 12.1 Å². The molecule has 0 amide bonds. The van der Waals surface area contributed by atoms with Crippen molar-refractivity contribution in [3.05, 3.63) is 56.0 Å². The topological polar surface area (TPSA) is 92.5 Å². The van der Waals surface area contributed by atoms with E-state index in [2.05, 4.69) is 20.6 Å². The van der Waals surface area contributed by atoms with Gasteiger partial charge in [0.15, 0.2) is 11.7 Å². The van der Waals surface area contributed by atoms with E-state index >= 15 is 0 Å². The average Bonchev–Trinajstić information content (AvgIpc) is 3.09. The van der Waals surface area contributed by atoms with E-state index in [-0.39, 0.29) is 5.69 Å². The number of nitro benzene ring substituents is 1. The first-order chi connectivity index (χ1) is 12.8. The van der Waals surface area contributed by atoms with Gasteiger partial charge in [-0.3, -0.25) is 10.1 Å². The van der Waals surface area contributed by atoms with Gasteiger partial charge in [-0.1, -0.05) is 12.1 Å². The summed E-state index contributed by atoms with van der Waals surface area (Å²) < 4.78 is 37.6. The molecule has 1 aromatic heterocycles. The van der Waals surface area contributed by atoms with Crippen LogP contribution in [0.15, 0.2) is 34.6 Å². The Kier molecular flexibility index (Phi) is 7.11. The number of aliphatic imine (C=N–C) groups is 1. The minimum absolute atomic E-state index is 0.00874. The van der Waals surface area contributed by atoms with Crippen LogP contribution in [0.2, 0.25) is 0 Å². The number of guanidine groups is 1. The second-order valence-corrected chi connectivity index (χ2v) is 6.36. The first-order valence-corrected chi connectivity index (χ1v) is 8.94. The SMILES string of the molecule is CCNC(=NCc1ccc([N+](=O)[O-])cc1)NCCc1nc(C(F)(F)F)cs1. The Morgan fingerprint density at radius 2 is 2.00 bits per heavy atom. The third kappa shape index (κ3) is 6.51. The molecule has 11 heteroatoms. The smallest absolute Gasteiger partial charge is 0.357 e. The molecule has 0 radical (unpaired) electrons. The van der Waals surface area contributed by atoms with E-state index in [1.165, 1.54) is 12.1 Å². The molecule has 0 saturated heterocycles. The Balaban J connectivity index is 1.89. The molecule has 1 heterocycles. The fraction of sp³-hybridized carbons (Fsp3) is 0.375. The lowest BCUT2D eigenvalue weighted by molar-refractivity contribution is -0.384. The first kappa shape index (κ1) is 20.6. The summed E-state index contributed by atoms with van der Waals surface area (Å²) in [6.45, 7) is 3.18. The van der Waals surface area contributed by atoms with Crippen LogP contribution in [0.3, 0.4) is 0 Å². The Morgan fingerprint density at radius 3 is 2.56 bits per heavy atom. The molecule has 27 heavy (non-hydrogen) atoms. The number of nitro groups is 1. The molecule has 0 aliphatic rings. The number of hydrogen-bond acceptors (Lipinski definition) is 5. The van der Waals surface area contributed by atoms with Gasteiger partial charge in [0.05, 0.1) is 16.5 Å². The van der Waals surface area contributed by atoms with Crippen molar-refractivity contribution in [3.63, 3.8) is 0 Å². The normalized spacial score (nSPS) is 12.1. The Hall–Kier alpha value is -2.69. The van der Waals surface area contributed by atoms with Crippen LogP contribution in [-0.2, 0) is 19.1 Å². The van der Waals surface area contributed by atoms with Crippen LogP contribution in [0.4, 0.5) is 18.9 Å². The van der Waals surface area contributed by atoms with E-state index in [0.717, 1.165) is 22.3 Å². The van der Waals surface area contributed by atoms with E-state index in [0.29, 0.717) is 37.0 Å². The maximum atomic E-state index is 12.5. The van der Waals surface area contributed by atoms with Crippen molar-refractivity contribution >= 4 is 23.0 Å². The molecular weight excluding hydrogens is 383 g/mol. The van der Waals surface area contributed by atoms with Gasteiger partial charge in [0.2, 0.25) is 0 Å². The van der Waals surface area contributed by atoms with Gasteiger partial charge in [0, 0.05) is 37.0 Å². The highest BCUT2D eigenvalue weighted by Gasteiger charge is 2.33. The highest BCUT2D eigenvalue weighted by molar-refractivity contribution is 7.09. The van der Waals surface area contributed by atoms with Gasteiger partial charge in [-0.2, -0.15) is 13.2 Å². The maximum absolute atomic E-state index is 12.5. The monoisotopic (exact) mass is 401 g/mol. The van der Waals surface area contributed by atoms with Crippen LogP contribution in [0.25, 0.3) is 0 Å². The van der Waals surface area contributed by atoms with Crippen molar-refractivity contribution < 1.29 is 18.1 Å². The summed E-state index contributed by atoms with van der Waals surface area (Å²) >= 11 is 0.969. The molecule has 2 N–H and O–H groups in total. The number of rotatable bonds is 7. The van der Waals surface area contributed by atoms with Gasteiger partial charge in [0.1, 0.15) is 0 Å². The fourth-order valence-corrected chi connectivity index (χ4v) is 2.88. The molecular formula is C16H18F3N5O2S. The predicted octanol–water partition coefficient (Wildman–Crippen LogP) is 3.37. The lowest BCUT2D eigenvalue weighted by Gasteiger charge is -2.10. The molecule has 2 rings (SSSR count). The van der Waals surface area contributed by atoms with Crippen molar-refractivity contribution in [2.75, 3.05) is 13.1 Å². The Morgan fingerprint density at radius 1 is 1.30 bits per heavy atom. The molecule has 146 valence electrons. The summed E-state index contributed by atoms with van der Waals surface area (Å²) in [6, 6.07) is 6.07. The average molecular weight is 401 g/mol. The highest BCUT2D eigenvalue weighted by Crippen LogP contribution is 2.29. The molecule has 0 aliphatic heterocycles. The fourth-order valence-electron chi connectivity index (χ4n) is 2.08. The zero-order valence-corrected chi connectivity index (χ0v) is 15.2. The third-order valence-corrected chi connectivity index (χ3v) is 4.29. The maximum Gasteiger partial charge on any atom is 0.434 e. The third-order valence-electron chi connectivity index (χ3n) is 3.38. The number of alkyl halides is 3. The van der Waals surface area contributed by atoms with Gasteiger partial charge in [-0.15, -0.1) is 11.3 Å². The van der Waals surface area contributed by atoms with Gasteiger partial charge in [0.25, 0.3) is 5.69 Å². The van der Waals surface area contributed by atoms with Crippen LogP contribution >= 0.6 is 11.3 Å². The van der Waals surface area contributed by atoms with Gasteiger partial charge >= 0.3 is 6.18 Å². The Labute approximate surface area is 157 Å². The molecule has 0 fully saturated rings. The standard InChI is InChI=1S/C16H18F3N5O2S/c1-2-20-15(22-9-11-3-5-12(6-4-11)24(25)26)21-8-7-14-23-13(10-27-14)16(17,18)19/h3-6,10H,2,7-9H2,1H3,(H2,20,21,22). The first-order valence-electron chi connectivity index (χ1n) is 8.06. The van der Waals surface area contributed by atoms with Crippen LogP contribution in [0.1, 0.15) is 23.2 Å². The number of hydrogen-bond donors (Lipinski definition) is 2. The molecule has 0 spiro atoms. The second-order valence-electron chi connectivity index (χ2n) is 5.42. The molecule has 7 nitrogen and oxygen atoms in total. The number of nitrogens with one attached hydrogen (secondary N) is 2. The van der Waals surface area contributed by atoms with E-state index in [4.69, 9.17) is 0 Å².